The monoisotopic (exact) mass is 252 g/mol. The first-order valence-electron chi connectivity index (χ1n) is 5.68. The molecule has 98 valence electrons. The number of benzene rings is 1. The smallest absolute Gasteiger partial charge is 0.512 e. The molecule has 2 N–H and O–H groups in total. The molecule has 18 heavy (non-hydrogen) atoms. The van der Waals surface area contributed by atoms with Gasteiger partial charge in [0.15, 0.2) is 0 Å². The average Bonchev–Trinajstić information content (AvgIpc) is 2.26. The number of carbonyl (C=O) groups excluding carboxylic acids is 1. The molecule has 0 bridgehead atoms. The van der Waals surface area contributed by atoms with E-state index in [1.807, 2.05) is 13.8 Å². The van der Waals surface area contributed by atoms with Gasteiger partial charge in [-0.2, -0.15) is 0 Å². The molecule has 0 amide bonds. The van der Waals surface area contributed by atoms with Crippen LogP contribution in [0, 0.1) is 5.92 Å². The highest BCUT2D eigenvalue weighted by atomic mass is 16.6. The van der Waals surface area contributed by atoms with E-state index in [9.17, 15) is 4.79 Å². The summed E-state index contributed by atoms with van der Waals surface area (Å²) in [7, 11) is -0.551. The predicted octanol–water partition coefficient (Wildman–Crippen LogP) is 1.02. The SMILES string of the molecule is COC(=O)c1ccc(OB(O)O)cc1CC(C)C. The number of hydrogen-bond acceptors (Lipinski definition) is 5. The molecule has 0 fully saturated rings. The topological polar surface area (TPSA) is 76.0 Å². The van der Waals surface area contributed by atoms with Crippen molar-refractivity contribution < 1.29 is 24.2 Å². The molecule has 0 atom stereocenters. The lowest BCUT2D eigenvalue weighted by Gasteiger charge is -2.13. The third-order valence-corrected chi connectivity index (χ3v) is 2.35. The van der Waals surface area contributed by atoms with Crippen LogP contribution >= 0.6 is 0 Å². The Bertz CT molecular complexity index is 417. The maximum Gasteiger partial charge on any atom is 0.707 e. The Morgan fingerprint density at radius 1 is 1.39 bits per heavy atom. The molecule has 1 aromatic carbocycles. The summed E-state index contributed by atoms with van der Waals surface area (Å²) in [4.78, 5) is 11.6. The second-order valence-electron chi connectivity index (χ2n) is 4.35. The summed E-state index contributed by atoms with van der Waals surface area (Å²) >= 11 is 0. The fraction of sp³-hybridized carbons (Fsp3) is 0.417. The van der Waals surface area contributed by atoms with Gasteiger partial charge in [0.25, 0.3) is 0 Å². The van der Waals surface area contributed by atoms with Crippen molar-refractivity contribution in [3.63, 3.8) is 0 Å². The number of rotatable bonds is 5. The fourth-order valence-corrected chi connectivity index (χ4v) is 1.68. The van der Waals surface area contributed by atoms with Gasteiger partial charge in [0.05, 0.1) is 12.7 Å². The van der Waals surface area contributed by atoms with Crippen molar-refractivity contribution in [3.05, 3.63) is 29.3 Å². The number of ether oxygens (including phenoxy) is 1. The molecule has 0 radical (unpaired) electrons. The van der Waals surface area contributed by atoms with Gasteiger partial charge in [0, 0.05) is 0 Å². The molecular weight excluding hydrogens is 235 g/mol. The van der Waals surface area contributed by atoms with Crippen LogP contribution in [0.5, 0.6) is 5.75 Å². The van der Waals surface area contributed by atoms with Crippen molar-refractivity contribution in [1.82, 2.24) is 0 Å². The number of carbonyl (C=O) groups is 1. The van der Waals surface area contributed by atoms with Crippen molar-refractivity contribution in [2.45, 2.75) is 20.3 Å². The highest BCUT2D eigenvalue weighted by molar-refractivity contribution is 6.33. The Morgan fingerprint density at radius 3 is 2.56 bits per heavy atom. The van der Waals surface area contributed by atoms with Crippen molar-refractivity contribution >= 4 is 13.3 Å². The van der Waals surface area contributed by atoms with Crippen LogP contribution in [-0.2, 0) is 11.2 Å². The molecule has 6 heteroatoms. The fourth-order valence-electron chi connectivity index (χ4n) is 1.68. The molecule has 0 aliphatic rings. The van der Waals surface area contributed by atoms with Gasteiger partial charge in [-0.3, -0.25) is 0 Å². The molecule has 1 aromatic rings. The molecular formula is C12H17BO5. The highest BCUT2D eigenvalue weighted by Gasteiger charge is 2.16. The lowest BCUT2D eigenvalue weighted by Crippen LogP contribution is -2.21. The first-order valence-corrected chi connectivity index (χ1v) is 5.68. The van der Waals surface area contributed by atoms with Crippen molar-refractivity contribution in [3.8, 4) is 5.75 Å². The molecule has 0 aliphatic heterocycles. The number of methoxy groups -OCH3 is 1. The zero-order chi connectivity index (χ0) is 13.7. The lowest BCUT2D eigenvalue weighted by atomic mass is 9.97. The lowest BCUT2D eigenvalue weighted by molar-refractivity contribution is 0.0599. The molecule has 0 spiro atoms. The second-order valence-corrected chi connectivity index (χ2v) is 4.35. The minimum absolute atomic E-state index is 0.299. The summed E-state index contributed by atoms with van der Waals surface area (Å²) in [5.41, 5.74) is 1.22. The zero-order valence-electron chi connectivity index (χ0n) is 10.7. The first-order chi connectivity index (χ1) is 8.43. The van der Waals surface area contributed by atoms with E-state index in [2.05, 4.69) is 0 Å². The van der Waals surface area contributed by atoms with Crippen LogP contribution in [0.3, 0.4) is 0 Å². The molecule has 1 rings (SSSR count). The minimum atomic E-state index is -1.87. The van der Waals surface area contributed by atoms with Gasteiger partial charge in [0.1, 0.15) is 5.75 Å². The Balaban J connectivity index is 3.07. The van der Waals surface area contributed by atoms with E-state index in [0.717, 1.165) is 5.56 Å². The van der Waals surface area contributed by atoms with E-state index in [0.29, 0.717) is 23.7 Å². The van der Waals surface area contributed by atoms with Gasteiger partial charge in [0.2, 0.25) is 0 Å². The molecule has 5 nitrogen and oxygen atoms in total. The van der Waals surface area contributed by atoms with E-state index in [1.54, 1.807) is 12.1 Å². The summed E-state index contributed by atoms with van der Waals surface area (Å²) in [5, 5.41) is 17.5. The minimum Gasteiger partial charge on any atom is -0.512 e. The summed E-state index contributed by atoms with van der Waals surface area (Å²) < 4.78 is 9.46. The Morgan fingerprint density at radius 2 is 2.06 bits per heavy atom. The van der Waals surface area contributed by atoms with E-state index >= 15 is 0 Å². The van der Waals surface area contributed by atoms with Crippen LogP contribution in [0.2, 0.25) is 0 Å². The molecule has 0 saturated carbocycles. The van der Waals surface area contributed by atoms with Crippen LogP contribution in [0.4, 0.5) is 0 Å². The predicted molar refractivity (Wildman–Crippen MR) is 67.1 cm³/mol. The van der Waals surface area contributed by atoms with E-state index in [-0.39, 0.29) is 0 Å². The quantitative estimate of drug-likeness (QED) is 0.604. The zero-order valence-corrected chi connectivity index (χ0v) is 10.7. The summed E-state index contributed by atoms with van der Waals surface area (Å²) in [6, 6.07) is 4.67. The maximum absolute atomic E-state index is 11.6. The first kappa shape index (κ1) is 14.5. The maximum atomic E-state index is 11.6. The van der Waals surface area contributed by atoms with Gasteiger partial charge in [-0.15, -0.1) is 0 Å². The van der Waals surface area contributed by atoms with Gasteiger partial charge in [-0.25, -0.2) is 4.79 Å². The van der Waals surface area contributed by atoms with Crippen LogP contribution in [0.15, 0.2) is 18.2 Å². The molecule has 0 saturated heterocycles. The van der Waals surface area contributed by atoms with Crippen molar-refractivity contribution in [1.29, 1.82) is 0 Å². The van der Waals surface area contributed by atoms with Crippen LogP contribution in [-0.4, -0.2) is 30.4 Å². The van der Waals surface area contributed by atoms with Crippen LogP contribution in [0.1, 0.15) is 29.8 Å². The van der Waals surface area contributed by atoms with E-state index in [1.165, 1.54) is 13.2 Å². The van der Waals surface area contributed by atoms with Gasteiger partial charge in [-0.05, 0) is 36.1 Å². The van der Waals surface area contributed by atoms with E-state index in [4.69, 9.17) is 19.4 Å². The Labute approximate surface area is 107 Å². The normalized spacial score (nSPS) is 10.3. The van der Waals surface area contributed by atoms with E-state index < -0.39 is 13.3 Å². The summed E-state index contributed by atoms with van der Waals surface area (Å²) in [6.07, 6.45) is 0.670. The second kappa shape index (κ2) is 6.42. The molecule has 0 unspecified atom stereocenters. The standard InChI is InChI=1S/C12H17BO5/c1-8(2)6-9-7-10(18-13(15)16)4-5-11(9)12(14)17-3/h4-5,7-8,15-16H,6H2,1-3H3. The third kappa shape index (κ3) is 4.05. The van der Waals surface area contributed by atoms with Gasteiger partial charge < -0.3 is 19.4 Å². The average molecular weight is 252 g/mol. The Hall–Kier alpha value is -1.53. The molecule has 0 heterocycles. The third-order valence-electron chi connectivity index (χ3n) is 2.35. The number of esters is 1. The molecule has 0 aliphatic carbocycles. The van der Waals surface area contributed by atoms with Crippen molar-refractivity contribution in [2.75, 3.05) is 7.11 Å². The van der Waals surface area contributed by atoms with Gasteiger partial charge >= 0.3 is 13.3 Å². The largest absolute Gasteiger partial charge is 0.707 e. The van der Waals surface area contributed by atoms with Crippen molar-refractivity contribution in [2.24, 2.45) is 5.92 Å². The van der Waals surface area contributed by atoms with Crippen LogP contribution < -0.4 is 4.65 Å². The highest BCUT2D eigenvalue weighted by Crippen LogP contribution is 2.21. The summed E-state index contributed by atoms with van der Waals surface area (Å²) in [6.45, 7) is 4.05. The number of hydrogen-bond donors (Lipinski definition) is 2. The Kier molecular flexibility index (Phi) is 5.18. The summed E-state index contributed by atoms with van der Waals surface area (Å²) in [5.74, 6) is 0.234. The van der Waals surface area contributed by atoms with Crippen LogP contribution in [0.25, 0.3) is 0 Å². The van der Waals surface area contributed by atoms with Gasteiger partial charge in [-0.1, -0.05) is 13.8 Å². The molecule has 0 aromatic heterocycles.